The molecule has 2 N–H and O–H groups in total. The number of carboxylic acids is 1. The maximum Gasteiger partial charge on any atom is 0.304 e. The molecule has 14 heavy (non-hydrogen) atoms. The minimum Gasteiger partial charge on any atom is -0.481 e. The predicted octanol–water partition coefficient (Wildman–Crippen LogP) is 0.554. The second kappa shape index (κ2) is 5.32. The van der Waals surface area contributed by atoms with Gasteiger partial charge in [0, 0.05) is 19.6 Å². The van der Waals surface area contributed by atoms with E-state index in [0.717, 1.165) is 25.9 Å². The van der Waals surface area contributed by atoms with Crippen molar-refractivity contribution < 1.29 is 15.0 Å². The SMILES string of the molecule is CCC1CN(CCC(=O)O)CCC1O. The molecule has 0 aliphatic carbocycles. The highest BCUT2D eigenvalue weighted by Gasteiger charge is 2.26. The first-order chi connectivity index (χ1) is 6.63. The van der Waals surface area contributed by atoms with E-state index < -0.39 is 5.97 Å². The van der Waals surface area contributed by atoms with Crippen molar-refractivity contribution in [3.05, 3.63) is 0 Å². The Hall–Kier alpha value is -0.610. The minimum atomic E-state index is -0.746. The van der Waals surface area contributed by atoms with Gasteiger partial charge in [-0.25, -0.2) is 0 Å². The molecule has 0 aromatic carbocycles. The second-order valence-corrected chi connectivity index (χ2v) is 3.97. The van der Waals surface area contributed by atoms with Gasteiger partial charge in [0.1, 0.15) is 0 Å². The van der Waals surface area contributed by atoms with E-state index in [0.29, 0.717) is 12.5 Å². The maximum atomic E-state index is 10.4. The van der Waals surface area contributed by atoms with Crippen molar-refractivity contribution in [3.63, 3.8) is 0 Å². The molecule has 0 saturated carbocycles. The zero-order valence-corrected chi connectivity index (χ0v) is 8.65. The van der Waals surface area contributed by atoms with Crippen LogP contribution in [0.2, 0.25) is 0 Å². The first-order valence-electron chi connectivity index (χ1n) is 5.25. The first-order valence-corrected chi connectivity index (χ1v) is 5.25. The van der Waals surface area contributed by atoms with Gasteiger partial charge in [-0.1, -0.05) is 6.92 Å². The third kappa shape index (κ3) is 3.27. The molecule has 0 aromatic heterocycles. The highest BCUT2D eigenvalue weighted by Crippen LogP contribution is 2.19. The quantitative estimate of drug-likeness (QED) is 0.697. The van der Waals surface area contributed by atoms with Crippen molar-refractivity contribution in [1.82, 2.24) is 4.90 Å². The molecule has 0 radical (unpaired) electrons. The molecule has 4 heteroatoms. The van der Waals surface area contributed by atoms with E-state index in [1.807, 2.05) is 0 Å². The average Bonchev–Trinajstić information content (AvgIpc) is 2.16. The Labute approximate surface area is 84.5 Å². The fourth-order valence-electron chi connectivity index (χ4n) is 1.95. The van der Waals surface area contributed by atoms with Crippen molar-refractivity contribution in [2.75, 3.05) is 19.6 Å². The molecular weight excluding hydrogens is 182 g/mol. The molecule has 1 rings (SSSR count). The molecule has 0 bridgehead atoms. The van der Waals surface area contributed by atoms with Gasteiger partial charge in [-0.15, -0.1) is 0 Å². The molecule has 2 unspecified atom stereocenters. The first kappa shape index (κ1) is 11.5. The van der Waals surface area contributed by atoms with Crippen LogP contribution in [0.3, 0.4) is 0 Å². The van der Waals surface area contributed by atoms with E-state index >= 15 is 0 Å². The lowest BCUT2D eigenvalue weighted by Gasteiger charge is -2.35. The van der Waals surface area contributed by atoms with Crippen molar-refractivity contribution in [1.29, 1.82) is 0 Å². The fourth-order valence-corrected chi connectivity index (χ4v) is 1.95. The summed E-state index contributed by atoms with van der Waals surface area (Å²) in [6.07, 6.45) is 1.75. The summed E-state index contributed by atoms with van der Waals surface area (Å²) in [5.74, 6) is -0.429. The second-order valence-electron chi connectivity index (χ2n) is 3.97. The van der Waals surface area contributed by atoms with Gasteiger partial charge in [-0.3, -0.25) is 4.79 Å². The van der Waals surface area contributed by atoms with E-state index in [1.165, 1.54) is 0 Å². The molecule has 82 valence electrons. The van der Waals surface area contributed by atoms with Crippen molar-refractivity contribution in [2.24, 2.45) is 5.92 Å². The molecule has 2 atom stereocenters. The van der Waals surface area contributed by atoms with Crippen LogP contribution in [0.1, 0.15) is 26.2 Å². The van der Waals surface area contributed by atoms with Gasteiger partial charge in [0.15, 0.2) is 0 Å². The number of carboxylic acid groups (broad SMARTS) is 1. The van der Waals surface area contributed by atoms with Crippen LogP contribution in [0.15, 0.2) is 0 Å². The van der Waals surface area contributed by atoms with Crippen LogP contribution in [0.5, 0.6) is 0 Å². The smallest absolute Gasteiger partial charge is 0.304 e. The molecule has 1 fully saturated rings. The molecular formula is C10H19NO3. The average molecular weight is 201 g/mol. The van der Waals surface area contributed by atoms with E-state index in [9.17, 15) is 9.90 Å². The van der Waals surface area contributed by atoms with Crippen LogP contribution in [0.25, 0.3) is 0 Å². The Bertz CT molecular complexity index is 196. The standard InChI is InChI=1S/C10H19NO3/c1-2-8-7-11(5-3-9(8)12)6-4-10(13)14/h8-9,12H,2-7H2,1H3,(H,13,14). The van der Waals surface area contributed by atoms with E-state index in [-0.39, 0.29) is 12.5 Å². The molecule has 1 aliphatic heterocycles. The van der Waals surface area contributed by atoms with Crippen molar-refractivity contribution >= 4 is 5.97 Å². The number of nitrogens with zero attached hydrogens (tertiary/aromatic N) is 1. The summed E-state index contributed by atoms with van der Waals surface area (Å²) in [6.45, 7) is 4.34. The van der Waals surface area contributed by atoms with Gasteiger partial charge in [0.25, 0.3) is 0 Å². The highest BCUT2D eigenvalue weighted by molar-refractivity contribution is 5.66. The molecule has 1 aliphatic rings. The van der Waals surface area contributed by atoms with Crippen LogP contribution >= 0.6 is 0 Å². The lowest BCUT2D eigenvalue weighted by molar-refractivity contribution is -0.137. The fraction of sp³-hybridized carbons (Fsp3) is 0.900. The van der Waals surface area contributed by atoms with Crippen LogP contribution < -0.4 is 0 Å². The van der Waals surface area contributed by atoms with Gasteiger partial charge in [0.2, 0.25) is 0 Å². The Balaban J connectivity index is 2.31. The van der Waals surface area contributed by atoms with E-state index in [2.05, 4.69) is 11.8 Å². The van der Waals surface area contributed by atoms with Gasteiger partial charge in [0.05, 0.1) is 12.5 Å². The minimum absolute atomic E-state index is 0.193. The monoisotopic (exact) mass is 201 g/mol. The molecule has 0 aromatic rings. The number of hydrogen-bond acceptors (Lipinski definition) is 3. The van der Waals surface area contributed by atoms with Gasteiger partial charge >= 0.3 is 5.97 Å². The predicted molar refractivity (Wildman–Crippen MR) is 53.1 cm³/mol. The van der Waals surface area contributed by atoms with Crippen LogP contribution in [-0.4, -0.2) is 46.8 Å². The molecule has 1 saturated heterocycles. The largest absolute Gasteiger partial charge is 0.481 e. The Morgan fingerprint density at radius 1 is 1.57 bits per heavy atom. The van der Waals surface area contributed by atoms with Gasteiger partial charge < -0.3 is 15.1 Å². The lowest BCUT2D eigenvalue weighted by atomic mass is 9.92. The van der Waals surface area contributed by atoms with E-state index in [4.69, 9.17) is 5.11 Å². The zero-order chi connectivity index (χ0) is 10.6. The summed E-state index contributed by atoms with van der Waals surface area (Å²) in [6, 6.07) is 0. The molecule has 1 heterocycles. The summed E-state index contributed by atoms with van der Waals surface area (Å²) < 4.78 is 0. The van der Waals surface area contributed by atoms with Crippen molar-refractivity contribution in [3.8, 4) is 0 Å². The van der Waals surface area contributed by atoms with Gasteiger partial charge in [-0.05, 0) is 18.8 Å². The number of rotatable bonds is 4. The summed E-state index contributed by atoms with van der Waals surface area (Å²) in [4.78, 5) is 12.5. The topological polar surface area (TPSA) is 60.8 Å². The summed E-state index contributed by atoms with van der Waals surface area (Å²) in [5.41, 5.74) is 0. The summed E-state index contributed by atoms with van der Waals surface area (Å²) in [7, 11) is 0. The zero-order valence-electron chi connectivity index (χ0n) is 8.65. The van der Waals surface area contributed by atoms with Crippen molar-refractivity contribution in [2.45, 2.75) is 32.3 Å². The lowest BCUT2D eigenvalue weighted by Crippen LogP contribution is -2.43. The third-order valence-electron chi connectivity index (χ3n) is 2.94. The Morgan fingerprint density at radius 2 is 2.29 bits per heavy atom. The summed E-state index contributed by atoms with van der Waals surface area (Å²) in [5, 5.41) is 18.2. The number of carbonyl (C=O) groups is 1. The molecule has 4 nitrogen and oxygen atoms in total. The number of aliphatic hydroxyl groups is 1. The number of piperidine rings is 1. The summed E-state index contributed by atoms with van der Waals surface area (Å²) >= 11 is 0. The third-order valence-corrected chi connectivity index (χ3v) is 2.94. The number of aliphatic hydroxyl groups excluding tert-OH is 1. The number of likely N-dealkylation sites (tertiary alicyclic amines) is 1. The Kier molecular flexibility index (Phi) is 4.35. The molecule has 0 spiro atoms. The van der Waals surface area contributed by atoms with Crippen LogP contribution in [-0.2, 0) is 4.79 Å². The number of aliphatic carboxylic acids is 1. The van der Waals surface area contributed by atoms with E-state index in [1.54, 1.807) is 0 Å². The highest BCUT2D eigenvalue weighted by atomic mass is 16.4. The number of hydrogen-bond donors (Lipinski definition) is 2. The normalized spacial score (nSPS) is 29.0. The van der Waals surface area contributed by atoms with Crippen LogP contribution in [0.4, 0.5) is 0 Å². The van der Waals surface area contributed by atoms with Crippen LogP contribution in [0, 0.1) is 5.92 Å². The molecule has 0 amide bonds. The maximum absolute atomic E-state index is 10.4. The van der Waals surface area contributed by atoms with Gasteiger partial charge in [-0.2, -0.15) is 0 Å². The Morgan fingerprint density at radius 3 is 2.86 bits per heavy atom.